The van der Waals surface area contributed by atoms with Gasteiger partial charge < -0.3 is 19.4 Å². The first-order chi connectivity index (χ1) is 1.73. The quantitative estimate of drug-likeness (QED) is 0.245. The van der Waals surface area contributed by atoms with E-state index in [1.165, 1.54) is 5.92 Å². The second-order valence-electron chi connectivity index (χ2n) is 1.50. The number of hydrogen-bond acceptors (Lipinski definition) is 1. The van der Waals surface area contributed by atoms with E-state index in [0.29, 0.717) is 0 Å². The molecule has 0 N–H and O–H groups in total. The van der Waals surface area contributed by atoms with Crippen LogP contribution in [-0.4, -0.2) is 0 Å². The van der Waals surface area contributed by atoms with E-state index in [1.54, 1.807) is 0 Å². The van der Waals surface area contributed by atoms with Crippen molar-refractivity contribution < 1.29 is 22.4 Å². The van der Waals surface area contributed by atoms with Crippen molar-refractivity contribution in [3.8, 4) is 0 Å². The van der Waals surface area contributed by atoms with Crippen molar-refractivity contribution in [2.45, 2.75) is 20.8 Å². The molecular formula is C4H10AgS-2. The zero-order valence-electron chi connectivity index (χ0n) is 4.25. The van der Waals surface area contributed by atoms with Gasteiger partial charge in [0.1, 0.15) is 0 Å². The van der Waals surface area contributed by atoms with Gasteiger partial charge >= 0.3 is 0 Å². The molecule has 0 aliphatic heterocycles. The predicted molar refractivity (Wildman–Crippen MR) is 29.0 cm³/mol. The van der Waals surface area contributed by atoms with Crippen LogP contribution in [0.2, 0.25) is 0 Å². The molecule has 0 atom stereocenters. The summed E-state index contributed by atoms with van der Waals surface area (Å²) in [6.07, 6.45) is 0. The molecule has 0 aliphatic rings. The molecule has 0 saturated heterocycles. The number of rotatable bonds is 0. The first kappa shape index (κ1) is 15.7. The summed E-state index contributed by atoms with van der Waals surface area (Å²) in [4.78, 5) is 0. The Kier molecular flexibility index (Phi) is 24.7. The molecule has 6 heavy (non-hydrogen) atoms. The minimum absolute atomic E-state index is 0. The Morgan fingerprint density at radius 3 is 1.00 bits per heavy atom. The largest absolute Gasteiger partial charge is 0.813 e. The van der Waals surface area contributed by atoms with Crippen LogP contribution >= 0.6 is 0 Å². The van der Waals surface area contributed by atoms with Gasteiger partial charge in [-0.1, -0.05) is 0 Å². The van der Waals surface area contributed by atoms with Crippen molar-refractivity contribution in [1.82, 2.24) is 0 Å². The number of hydrogen-bond donors (Lipinski definition) is 0. The molecule has 0 aliphatic carbocycles. The third-order valence-corrected chi connectivity index (χ3v) is 0. The summed E-state index contributed by atoms with van der Waals surface area (Å²) < 4.78 is 0. The Morgan fingerprint density at radius 1 is 1.00 bits per heavy atom. The first-order valence-corrected chi connectivity index (χ1v) is 1.50. The van der Waals surface area contributed by atoms with Gasteiger partial charge in [0.05, 0.1) is 0 Å². The maximum Gasteiger partial charge on any atom is 0 e. The zero-order valence-corrected chi connectivity index (χ0v) is 6.63. The fraction of sp³-hybridized carbons (Fsp3) is 0.750. The molecule has 0 bridgehead atoms. The van der Waals surface area contributed by atoms with E-state index in [9.17, 15) is 0 Å². The van der Waals surface area contributed by atoms with Crippen molar-refractivity contribution in [3.63, 3.8) is 0 Å². The second kappa shape index (κ2) is 9.43. The van der Waals surface area contributed by atoms with E-state index in [4.69, 9.17) is 0 Å². The monoisotopic (exact) mass is 197 g/mol. The third-order valence-electron chi connectivity index (χ3n) is 0. The maximum absolute atomic E-state index is 2.08. The summed E-state index contributed by atoms with van der Waals surface area (Å²) in [5.41, 5.74) is 0. The van der Waals surface area contributed by atoms with Crippen LogP contribution in [0.3, 0.4) is 0 Å². The van der Waals surface area contributed by atoms with Crippen molar-refractivity contribution in [1.29, 1.82) is 0 Å². The smallest absolute Gasteiger partial charge is 0 e. The number of thiol groups is 1. The molecule has 0 aromatic heterocycles. The molecule has 0 saturated carbocycles. The Balaban J connectivity index is -0.0000000450. The second-order valence-corrected chi connectivity index (χ2v) is 1.50. The maximum atomic E-state index is 2.08. The minimum Gasteiger partial charge on any atom is -0.813 e. The van der Waals surface area contributed by atoms with Crippen molar-refractivity contribution in [2.24, 2.45) is 0 Å². The summed E-state index contributed by atoms with van der Waals surface area (Å²) >= 11 is 0. The average Bonchev–Trinajstić information content (AvgIpc) is 0.811. The molecule has 45 valence electrons. The van der Waals surface area contributed by atoms with Gasteiger partial charge in [0.15, 0.2) is 0 Å². The minimum atomic E-state index is 0. The summed E-state index contributed by atoms with van der Waals surface area (Å²) in [5.74, 6) is 1.42. The van der Waals surface area contributed by atoms with Crippen LogP contribution in [0.1, 0.15) is 20.8 Å². The molecule has 0 amide bonds. The van der Waals surface area contributed by atoms with E-state index >= 15 is 0 Å². The molecule has 0 rings (SSSR count). The third kappa shape index (κ3) is 71.6. The molecule has 0 aromatic carbocycles. The molecule has 2 heteroatoms. The van der Waals surface area contributed by atoms with Crippen LogP contribution < -0.4 is 0 Å². The van der Waals surface area contributed by atoms with Crippen LogP contribution in [0.25, 0.3) is 0 Å². The van der Waals surface area contributed by atoms with Gasteiger partial charge in [-0.05, 0) is 0 Å². The van der Waals surface area contributed by atoms with E-state index in [1.807, 2.05) is 0 Å². The Labute approximate surface area is 62.7 Å². The molecule has 1 radical (unpaired) electrons. The summed E-state index contributed by atoms with van der Waals surface area (Å²) in [5, 5.41) is 0. The van der Waals surface area contributed by atoms with Gasteiger partial charge in [0.25, 0.3) is 0 Å². The van der Waals surface area contributed by atoms with Crippen LogP contribution in [0.15, 0.2) is 0 Å². The van der Waals surface area contributed by atoms with Gasteiger partial charge in [-0.3, -0.25) is 0 Å². The predicted octanol–water partition coefficient (Wildman–Crippen LogP) is 1.35. The van der Waals surface area contributed by atoms with Gasteiger partial charge in [-0.25, -0.2) is 0 Å². The molecule has 0 nitrogen and oxygen atoms in total. The molecule has 0 fully saturated rings. The summed E-state index contributed by atoms with van der Waals surface area (Å²) in [7, 11) is 0. The van der Waals surface area contributed by atoms with Gasteiger partial charge in [-0.2, -0.15) is 20.8 Å². The van der Waals surface area contributed by atoms with E-state index in [2.05, 4.69) is 20.8 Å². The normalized spacial score (nSPS) is 6.00. The Morgan fingerprint density at radius 2 is 1.00 bits per heavy atom. The van der Waals surface area contributed by atoms with Gasteiger partial charge in [-0.15, -0.1) is 0 Å². The molecule has 0 aromatic rings. The first-order valence-electron chi connectivity index (χ1n) is 1.50. The SMILES string of the molecule is C[C-](C)C.[Ag].[SH-]. The van der Waals surface area contributed by atoms with Crippen LogP contribution in [0, 0.1) is 5.92 Å². The standard InChI is InChI=1S/C4H9.Ag.H2S/c1-4(2)3;;/h1-3H3;;1H2/q-1;;/p-1. The summed E-state index contributed by atoms with van der Waals surface area (Å²) in [6.45, 7) is 6.25. The zero-order chi connectivity index (χ0) is 3.58. The van der Waals surface area contributed by atoms with E-state index in [0.717, 1.165) is 0 Å². The molecule has 0 unspecified atom stereocenters. The topological polar surface area (TPSA) is 0 Å². The molecule has 0 heterocycles. The van der Waals surface area contributed by atoms with Crippen molar-refractivity contribution >= 4 is 13.5 Å². The Hall–Kier alpha value is 1.09. The van der Waals surface area contributed by atoms with Gasteiger partial charge in [0, 0.05) is 22.4 Å². The summed E-state index contributed by atoms with van der Waals surface area (Å²) in [6, 6.07) is 0. The van der Waals surface area contributed by atoms with Crippen LogP contribution in [0.4, 0.5) is 0 Å². The van der Waals surface area contributed by atoms with E-state index in [-0.39, 0.29) is 35.9 Å². The molecule has 0 spiro atoms. The average molecular weight is 198 g/mol. The molecular weight excluding hydrogens is 188 g/mol. The fourth-order valence-corrected chi connectivity index (χ4v) is 0. The van der Waals surface area contributed by atoms with E-state index < -0.39 is 0 Å². The van der Waals surface area contributed by atoms with Crippen molar-refractivity contribution in [3.05, 3.63) is 5.92 Å². The van der Waals surface area contributed by atoms with Gasteiger partial charge in [0.2, 0.25) is 0 Å². The van der Waals surface area contributed by atoms with Crippen LogP contribution in [-0.2, 0) is 35.9 Å². The Bertz CT molecular complexity index is 12.3. The fourth-order valence-electron chi connectivity index (χ4n) is 0. The van der Waals surface area contributed by atoms with Crippen molar-refractivity contribution in [2.75, 3.05) is 0 Å². The van der Waals surface area contributed by atoms with Crippen LogP contribution in [0.5, 0.6) is 0 Å².